The van der Waals surface area contributed by atoms with Crippen molar-refractivity contribution in [2.45, 2.75) is 38.6 Å². The monoisotopic (exact) mass is 540 g/mol. The fourth-order valence-electron chi connectivity index (χ4n) is 4.30. The normalized spacial score (nSPS) is 11.6. The summed E-state index contributed by atoms with van der Waals surface area (Å²) < 4.78 is 0. The summed E-state index contributed by atoms with van der Waals surface area (Å²) in [6.45, 7) is 2.24. The molecule has 1 heterocycles. The highest BCUT2D eigenvalue weighted by Gasteiger charge is 2.20. The van der Waals surface area contributed by atoms with Gasteiger partial charge in [-0.05, 0) is 80.1 Å². The third-order valence-electron chi connectivity index (χ3n) is 6.60. The van der Waals surface area contributed by atoms with Crippen LogP contribution >= 0.6 is 0 Å². The lowest BCUT2D eigenvalue weighted by atomic mass is 10.0. The zero-order valence-electron chi connectivity index (χ0n) is 22.2. The van der Waals surface area contributed by atoms with E-state index in [0.717, 1.165) is 34.9 Å². The molecule has 0 bridgehead atoms. The van der Waals surface area contributed by atoms with E-state index in [0.29, 0.717) is 35.4 Å². The lowest BCUT2D eigenvalue weighted by Crippen LogP contribution is -2.41. The second kappa shape index (κ2) is 12.7. The highest BCUT2D eigenvalue weighted by Crippen LogP contribution is 2.21. The number of aromatic nitrogens is 2. The first-order chi connectivity index (χ1) is 19.2. The topological polar surface area (TPSA) is 173 Å². The Labute approximate surface area is 231 Å². The Balaban J connectivity index is 1.26. The maximum atomic E-state index is 12.7. The Morgan fingerprint density at radius 1 is 0.850 bits per heavy atom. The molecule has 0 radical (unpaired) electrons. The summed E-state index contributed by atoms with van der Waals surface area (Å²) in [6.07, 6.45) is 2.05. The number of aryl methyl sites for hydroxylation is 3. The van der Waals surface area contributed by atoms with E-state index in [9.17, 15) is 19.5 Å². The molecule has 4 rings (SSSR count). The summed E-state index contributed by atoms with van der Waals surface area (Å²) in [5.41, 5.74) is 16.4. The van der Waals surface area contributed by atoms with Crippen LogP contribution in [0.3, 0.4) is 0 Å². The van der Waals surface area contributed by atoms with Crippen molar-refractivity contribution in [2.75, 3.05) is 18.0 Å². The number of nitrogens with zero attached hydrogens (tertiary/aromatic N) is 2. The number of hydrogen-bond acceptors (Lipinski definition) is 7. The summed E-state index contributed by atoms with van der Waals surface area (Å²) in [4.78, 5) is 44.8. The standard InChI is InChI=1S/C30H32N6O4/c1-18-4-11-21(12-5-18)27(37)33-16-2-3-25(29(39)40)34-28(38)22-13-8-19(9-14-22)6-7-20-10-15-24-23(17-20)26(31)36-30(32)35-24/h4-5,8-15,17,25H,2-3,6-7,16H2,1H3,(H,33,37)(H,34,38)(H,39,40)(H4,31,32,35,36)/t25-/m0/s1. The molecule has 4 aromatic rings. The van der Waals surface area contributed by atoms with Crippen molar-refractivity contribution in [3.63, 3.8) is 0 Å². The molecule has 0 aliphatic rings. The van der Waals surface area contributed by atoms with Crippen LogP contribution in [0.25, 0.3) is 10.9 Å². The number of benzene rings is 3. The molecule has 3 aromatic carbocycles. The molecule has 0 aliphatic carbocycles. The van der Waals surface area contributed by atoms with E-state index in [-0.39, 0.29) is 18.3 Å². The average Bonchev–Trinajstić information content (AvgIpc) is 2.94. The van der Waals surface area contributed by atoms with Gasteiger partial charge < -0.3 is 27.2 Å². The van der Waals surface area contributed by atoms with Crippen LogP contribution in [-0.2, 0) is 17.6 Å². The van der Waals surface area contributed by atoms with Gasteiger partial charge in [-0.15, -0.1) is 0 Å². The first kappa shape index (κ1) is 28.0. The minimum Gasteiger partial charge on any atom is -0.480 e. The maximum absolute atomic E-state index is 12.7. The van der Waals surface area contributed by atoms with E-state index in [1.807, 2.05) is 49.4 Å². The van der Waals surface area contributed by atoms with Crippen LogP contribution in [-0.4, -0.2) is 45.4 Å². The van der Waals surface area contributed by atoms with E-state index in [4.69, 9.17) is 11.5 Å². The Morgan fingerprint density at radius 2 is 1.48 bits per heavy atom. The van der Waals surface area contributed by atoms with Crippen LogP contribution in [0.5, 0.6) is 0 Å². The number of nitrogens with one attached hydrogen (secondary N) is 2. The lowest BCUT2D eigenvalue weighted by Gasteiger charge is -2.15. The van der Waals surface area contributed by atoms with Crippen LogP contribution in [0.1, 0.15) is 50.2 Å². The molecule has 1 aromatic heterocycles. The molecule has 40 heavy (non-hydrogen) atoms. The van der Waals surface area contributed by atoms with Gasteiger partial charge in [-0.25, -0.2) is 9.78 Å². The van der Waals surface area contributed by atoms with Gasteiger partial charge in [0, 0.05) is 23.1 Å². The fourth-order valence-corrected chi connectivity index (χ4v) is 4.30. The third kappa shape index (κ3) is 7.31. The van der Waals surface area contributed by atoms with Crippen molar-refractivity contribution in [2.24, 2.45) is 0 Å². The van der Waals surface area contributed by atoms with Gasteiger partial charge in [0.2, 0.25) is 5.95 Å². The van der Waals surface area contributed by atoms with Gasteiger partial charge in [-0.2, -0.15) is 4.98 Å². The predicted octanol–water partition coefficient (Wildman–Crippen LogP) is 3.28. The quantitative estimate of drug-likeness (QED) is 0.180. The molecular formula is C30H32N6O4. The molecule has 0 saturated carbocycles. The van der Waals surface area contributed by atoms with Crippen LogP contribution in [0.15, 0.2) is 66.7 Å². The van der Waals surface area contributed by atoms with Crippen molar-refractivity contribution in [1.29, 1.82) is 0 Å². The number of nitrogen functional groups attached to an aromatic ring is 2. The molecule has 0 saturated heterocycles. The van der Waals surface area contributed by atoms with Crippen LogP contribution in [0, 0.1) is 6.92 Å². The minimum absolute atomic E-state index is 0.138. The summed E-state index contributed by atoms with van der Waals surface area (Å²) in [6, 6.07) is 19.0. The fraction of sp³-hybridized carbons (Fsp3) is 0.233. The summed E-state index contributed by atoms with van der Waals surface area (Å²) in [5.74, 6) is -1.34. The number of carbonyl (C=O) groups is 3. The second-order valence-corrected chi connectivity index (χ2v) is 9.64. The molecule has 0 spiro atoms. The van der Waals surface area contributed by atoms with Crippen LogP contribution < -0.4 is 22.1 Å². The number of anilines is 2. The lowest BCUT2D eigenvalue weighted by molar-refractivity contribution is -0.139. The molecule has 7 N–H and O–H groups in total. The van der Waals surface area contributed by atoms with E-state index in [1.165, 1.54) is 0 Å². The summed E-state index contributed by atoms with van der Waals surface area (Å²) in [7, 11) is 0. The number of carboxylic acids is 1. The molecule has 10 nitrogen and oxygen atoms in total. The molecule has 2 amide bonds. The Hall–Kier alpha value is -4.99. The number of nitrogens with two attached hydrogens (primary N) is 2. The van der Waals surface area contributed by atoms with E-state index >= 15 is 0 Å². The number of fused-ring (bicyclic) bond motifs is 1. The van der Waals surface area contributed by atoms with E-state index in [1.54, 1.807) is 24.3 Å². The van der Waals surface area contributed by atoms with Gasteiger partial charge in [-0.1, -0.05) is 35.9 Å². The Kier molecular flexibility index (Phi) is 8.90. The van der Waals surface area contributed by atoms with Gasteiger partial charge in [0.05, 0.1) is 5.52 Å². The van der Waals surface area contributed by atoms with Gasteiger partial charge in [0.15, 0.2) is 0 Å². The second-order valence-electron chi connectivity index (χ2n) is 9.64. The van der Waals surface area contributed by atoms with Gasteiger partial charge in [-0.3, -0.25) is 9.59 Å². The molecule has 1 atom stereocenters. The highest BCUT2D eigenvalue weighted by atomic mass is 16.4. The van der Waals surface area contributed by atoms with Crippen molar-refractivity contribution >= 4 is 40.5 Å². The van der Waals surface area contributed by atoms with Crippen LogP contribution in [0.4, 0.5) is 11.8 Å². The minimum atomic E-state index is -1.13. The van der Waals surface area contributed by atoms with Crippen molar-refractivity contribution < 1.29 is 19.5 Å². The number of carbonyl (C=O) groups excluding carboxylic acids is 2. The largest absolute Gasteiger partial charge is 0.480 e. The van der Waals surface area contributed by atoms with E-state index < -0.39 is 17.9 Å². The molecule has 0 unspecified atom stereocenters. The number of aliphatic carboxylic acids is 1. The predicted molar refractivity (Wildman–Crippen MR) is 154 cm³/mol. The molecule has 0 aliphatic heterocycles. The van der Waals surface area contributed by atoms with Crippen molar-refractivity contribution in [3.05, 3.63) is 94.5 Å². The van der Waals surface area contributed by atoms with Crippen molar-refractivity contribution in [1.82, 2.24) is 20.6 Å². The number of carboxylic acid groups (broad SMARTS) is 1. The van der Waals surface area contributed by atoms with Crippen molar-refractivity contribution in [3.8, 4) is 0 Å². The molecular weight excluding hydrogens is 508 g/mol. The van der Waals surface area contributed by atoms with Gasteiger partial charge >= 0.3 is 5.97 Å². The van der Waals surface area contributed by atoms with E-state index in [2.05, 4.69) is 20.6 Å². The SMILES string of the molecule is Cc1ccc(C(=O)NCCC[C@H](NC(=O)c2ccc(CCc3ccc4nc(N)nc(N)c4c3)cc2)C(=O)O)cc1. The third-order valence-corrected chi connectivity index (χ3v) is 6.60. The zero-order valence-corrected chi connectivity index (χ0v) is 22.2. The maximum Gasteiger partial charge on any atom is 0.326 e. The zero-order chi connectivity index (χ0) is 28.6. The molecule has 10 heteroatoms. The summed E-state index contributed by atoms with van der Waals surface area (Å²) in [5, 5.41) is 15.7. The number of hydrogen-bond donors (Lipinski definition) is 5. The van der Waals surface area contributed by atoms with Crippen LogP contribution in [0.2, 0.25) is 0 Å². The number of amides is 2. The molecule has 0 fully saturated rings. The number of rotatable bonds is 11. The average molecular weight is 541 g/mol. The smallest absolute Gasteiger partial charge is 0.326 e. The van der Waals surface area contributed by atoms with Gasteiger partial charge in [0.25, 0.3) is 11.8 Å². The van der Waals surface area contributed by atoms with Gasteiger partial charge in [0.1, 0.15) is 11.9 Å². The molecule has 206 valence electrons. The highest BCUT2D eigenvalue weighted by molar-refractivity contribution is 5.96. The summed E-state index contributed by atoms with van der Waals surface area (Å²) >= 11 is 0. The Morgan fingerprint density at radius 3 is 2.17 bits per heavy atom. The first-order valence-corrected chi connectivity index (χ1v) is 13.0. The Bertz CT molecular complexity index is 1520. The first-order valence-electron chi connectivity index (χ1n) is 13.0.